The number of anilines is 1. The van der Waals surface area contributed by atoms with Gasteiger partial charge in [-0.2, -0.15) is 0 Å². The molecule has 3 N–H and O–H groups in total. The van der Waals surface area contributed by atoms with Gasteiger partial charge in [-0.15, -0.1) is 0 Å². The van der Waals surface area contributed by atoms with Gasteiger partial charge in [0.15, 0.2) is 5.88 Å². The highest BCUT2D eigenvalue weighted by Gasteiger charge is 2.17. The van der Waals surface area contributed by atoms with E-state index in [4.69, 9.17) is 15.3 Å². The SMILES string of the molecule is N[C@@H](Cc1ccc(N2CCCCC2)o1)C(=O)O. The van der Waals surface area contributed by atoms with Crippen LogP contribution in [-0.4, -0.2) is 30.2 Å². The number of nitrogens with two attached hydrogens (primary N) is 1. The Hall–Kier alpha value is -1.49. The molecule has 94 valence electrons. The van der Waals surface area contributed by atoms with Crippen molar-refractivity contribution in [1.82, 2.24) is 0 Å². The summed E-state index contributed by atoms with van der Waals surface area (Å²) in [7, 11) is 0. The number of aliphatic carboxylic acids is 1. The second-order valence-corrected chi connectivity index (χ2v) is 4.44. The molecule has 5 nitrogen and oxygen atoms in total. The average Bonchev–Trinajstić information content (AvgIpc) is 2.78. The van der Waals surface area contributed by atoms with Crippen LogP contribution in [0.25, 0.3) is 0 Å². The Kier molecular flexibility index (Phi) is 3.68. The average molecular weight is 238 g/mol. The first-order chi connectivity index (χ1) is 8.16. The van der Waals surface area contributed by atoms with Gasteiger partial charge in [0.2, 0.25) is 0 Å². The molecule has 0 aliphatic carbocycles. The molecule has 2 heterocycles. The summed E-state index contributed by atoms with van der Waals surface area (Å²) in [6, 6.07) is 2.82. The number of carboxylic acid groups (broad SMARTS) is 1. The van der Waals surface area contributed by atoms with Gasteiger partial charge in [-0.3, -0.25) is 4.79 Å². The predicted molar refractivity (Wildman–Crippen MR) is 64.1 cm³/mol. The van der Waals surface area contributed by atoms with E-state index in [9.17, 15) is 4.79 Å². The minimum Gasteiger partial charge on any atom is -0.480 e. The summed E-state index contributed by atoms with van der Waals surface area (Å²) in [6.45, 7) is 2.02. The Morgan fingerprint density at radius 2 is 2.12 bits per heavy atom. The fourth-order valence-electron chi connectivity index (χ4n) is 2.06. The van der Waals surface area contributed by atoms with Crippen LogP contribution in [0.5, 0.6) is 0 Å². The molecule has 1 aliphatic rings. The van der Waals surface area contributed by atoms with Gasteiger partial charge in [0.05, 0.1) is 0 Å². The molecule has 0 spiro atoms. The summed E-state index contributed by atoms with van der Waals surface area (Å²) in [5.74, 6) is 0.471. The van der Waals surface area contributed by atoms with Crippen molar-refractivity contribution in [2.45, 2.75) is 31.7 Å². The Bertz CT molecular complexity index is 383. The smallest absolute Gasteiger partial charge is 0.320 e. The molecular weight excluding hydrogens is 220 g/mol. The van der Waals surface area contributed by atoms with Crippen LogP contribution in [0, 0.1) is 0 Å². The second-order valence-electron chi connectivity index (χ2n) is 4.44. The first-order valence-electron chi connectivity index (χ1n) is 5.99. The molecule has 0 aromatic carbocycles. The van der Waals surface area contributed by atoms with Crippen molar-refractivity contribution >= 4 is 11.9 Å². The van der Waals surface area contributed by atoms with E-state index in [0.29, 0.717) is 5.76 Å². The van der Waals surface area contributed by atoms with Crippen LogP contribution in [0.1, 0.15) is 25.0 Å². The lowest BCUT2D eigenvalue weighted by Gasteiger charge is -2.26. The van der Waals surface area contributed by atoms with Gasteiger partial charge < -0.3 is 20.2 Å². The molecular formula is C12H18N2O3. The van der Waals surface area contributed by atoms with E-state index in [1.54, 1.807) is 0 Å². The zero-order valence-electron chi connectivity index (χ0n) is 9.76. The van der Waals surface area contributed by atoms with Crippen LogP contribution < -0.4 is 10.6 Å². The quantitative estimate of drug-likeness (QED) is 0.824. The maximum Gasteiger partial charge on any atom is 0.320 e. The third kappa shape index (κ3) is 3.00. The second kappa shape index (κ2) is 5.23. The van der Waals surface area contributed by atoms with E-state index >= 15 is 0 Å². The Morgan fingerprint density at radius 3 is 2.76 bits per heavy atom. The summed E-state index contributed by atoms with van der Waals surface area (Å²) < 4.78 is 5.63. The van der Waals surface area contributed by atoms with Crippen LogP contribution in [0.2, 0.25) is 0 Å². The lowest BCUT2D eigenvalue weighted by molar-refractivity contribution is -0.138. The molecule has 0 radical (unpaired) electrons. The molecule has 1 atom stereocenters. The molecule has 1 saturated heterocycles. The van der Waals surface area contributed by atoms with Crippen molar-refractivity contribution in [3.05, 3.63) is 17.9 Å². The van der Waals surface area contributed by atoms with Crippen molar-refractivity contribution < 1.29 is 14.3 Å². The number of nitrogens with zero attached hydrogens (tertiary/aromatic N) is 1. The summed E-state index contributed by atoms with van der Waals surface area (Å²) >= 11 is 0. The van der Waals surface area contributed by atoms with Crippen LogP contribution in [0.4, 0.5) is 5.88 Å². The number of hydrogen-bond acceptors (Lipinski definition) is 4. The predicted octanol–water partition coefficient (Wildman–Crippen LogP) is 1.22. The van der Waals surface area contributed by atoms with Gasteiger partial charge in [0, 0.05) is 25.6 Å². The molecule has 5 heteroatoms. The maximum atomic E-state index is 10.6. The molecule has 0 bridgehead atoms. The van der Waals surface area contributed by atoms with E-state index in [2.05, 4.69) is 4.90 Å². The van der Waals surface area contributed by atoms with Gasteiger partial charge in [0.25, 0.3) is 0 Å². The molecule has 0 unspecified atom stereocenters. The first-order valence-corrected chi connectivity index (χ1v) is 5.99. The van der Waals surface area contributed by atoms with E-state index < -0.39 is 12.0 Å². The molecule has 1 aromatic rings. The van der Waals surface area contributed by atoms with Gasteiger partial charge in [0.1, 0.15) is 11.8 Å². The lowest BCUT2D eigenvalue weighted by Crippen LogP contribution is -2.32. The van der Waals surface area contributed by atoms with Gasteiger partial charge >= 0.3 is 5.97 Å². The molecule has 1 fully saturated rings. The van der Waals surface area contributed by atoms with Gasteiger partial charge in [-0.25, -0.2) is 0 Å². The summed E-state index contributed by atoms with van der Waals surface area (Å²) in [6.07, 6.45) is 3.88. The van der Waals surface area contributed by atoms with E-state index in [1.807, 2.05) is 12.1 Å². The fraction of sp³-hybridized carbons (Fsp3) is 0.583. The third-order valence-corrected chi connectivity index (χ3v) is 3.05. The minimum absolute atomic E-state index is 0.239. The summed E-state index contributed by atoms with van der Waals surface area (Å²) in [5, 5.41) is 8.72. The van der Waals surface area contributed by atoms with E-state index in [1.165, 1.54) is 19.3 Å². The normalized spacial score (nSPS) is 18.1. The largest absolute Gasteiger partial charge is 0.480 e. The van der Waals surface area contributed by atoms with Crippen LogP contribution >= 0.6 is 0 Å². The highest BCUT2D eigenvalue weighted by atomic mass is 16.4. The van der Waals surface area contributed by atoms with E-state index in [0.717, 1.165) is 19.0 Å². The fourth-order valence-corrected chi connectivity index (χ4v) is 2.06. The number of carboxylic acids is 1. The summed E-state index contributed by atoms with van der Waals surface area (Å²) in [4.78, 5) is 12.8. The molecule has 2 rings (SSSR count). The molecule has 1 aromatic heterocycles. The third-order valence-electron chi connectivity index (χ3n) is 3.05. The molecule has 17 heavy (non-hydrogen) atoms. The number of carbonyl (C=O) groups is 1. The van der Waals surface area contributed by atoms with Crippen LogP contribution in [-0.2, 0) is 11.2 Å². The highest BCUT2D eigenvalue weighted by molar-refractivity contribution is 5.73. The number of piperidine rings is 1. The lowest BCUT2D eigenvalue weighted by atomic mass is 10.1. The van der Waals surface area contributed by atoms with Crippen molar-refractivity contribution in [3.8, 4) is 0 Å². The van der Waals surface area contributed by atoms with Crippen LogP contribution in [0.15, 0.2) is 16.5 Å². The Balaban J connectivity index is 1.97. The number of hydrogen-bond donors (Lipinski definition) is 2. The molecule has 1 aliphatic heterocycles. The van der Waals surface area contributed by atoms with Gasteiger partial charge in [-0.1, -0.05) is 0 Å². The van der Waals surface area contributed by atoms with Crippen LogP contribution in [0.3, 0.4) is 0 Å². The first kappa shape index (κ1) is 12.0. The Morgan fingerprint density at radius 1 is 1.41 bits per heavy atom. The standard InChI is InChI=1S/C12H18N2O3/c13-10(12(15)16)8-9-4-5-11(17-9)14-6-2-1-3-7-14/h4-5,10H,1-3,6-8,13H2,(H,15,16)/t10-/m0/s1. The Labute approximate surface area is 100 Å². The van der Waals surface area contributed by atoms with Crippen molar-refractivity contribution in [2.24, 2.45) is 5.73 Å². The zero-order chi connectivity index (χ0) is 12.3. The van der Waals surface area contributed by atoms with Gasteiger partial charge in [-0.05, 0) is 25.3 Å². The van der Waals surface area contributed by atoms with Crippen molar-refractivity contribution in [2.75, 3.05) is 18.0 Å². The highest BCUT2D eigenvalue weighted by Crippen LogP contribution is 2.22. The monoisotopic (exact) mass is 238 g/mol. The summed E-state index contributed by atoms with van der Waals surface area (Å²) in [5.41, 5.74) is 5.46. The minimum atomic E-state index is -0.999. The number of rotatable bonds is 4. The van der Waals surface area contributed by atoms with Crippen molar-refractivity contribution in [1.29, 1.82) is 0 Å². The maximum absolute atomic E-state index is 10.6. The van der Waals surface area contributed by atoms with E-state index in [-0.39, 0.29) is 6.42 Å². The molecule has 0 amide bonds. The number of furan rings is 1. The zero-order valence-corrected chi connectivity index (χ0v) is 9.76. The molecule has 0 saturated carbocycles. The topological polar surface area (TPSA) is 79.7 Å². The van der Waals surface area contributed by atoms with Crippen molar-refractivity contribution in [3.63, 3.8) is 0 Å².